The minimum Gasteiger partial charge on any atom is -0.477 e. The molecule has 0 aliphatic carbocycles. The number of likely N-dealkylation sites (tertiary alicyclic amines) is 1. The zero-order valence-electron chi connectivity index (χ0n) is 17.9. The minimum absolute atomic E-state index is 0.0766. The number of β-lactam (4-membered cyclic amide) rings is 1. The van der Waals surface area contributed by atoms with Crippen molar-refractivity contribution in [2.45, 2.75) is 38.3 Å². The molecule has 0 aromatic heterocycles. The molecule has 0 spiro atoms. The standard InChI is InChI=1S/C21H27BrN2O7/c1-13(2)17(20(27)28)24-18(26)16(19(24)31-12-21(11-22,29-3)30-4)23-15(25)10-14-8-6-5-7-9-14/h5-9,16,19H,10-12H2,1-4H3,(H,23,25)(H,27,28). The normalized spacial score (nSPS) is 18.4. The molecule has 1 fully saturated rings. The number of amides is 2. The van der Waals surface area contributed by atoms with E-state index >= 15 is 0 Å². The molecular weight excluding hydrogens is 472 g/mol. The van der Waals surface area contributed by atoms with Crippen molar-refractivity contribution < 1.29 is 33.7 Å². The number of alkyl halides is 1. The van der Waals surface area contributed by atoms with Gasteiger partial charge in [0.05, 0.1) is 11.8 Å². The molecule has 1 heterocycles. The monoisotopic (exact) mass is 498 g/mol. The molecule has 2 unspecified atom stereocenters. The van der Waals surface area contributed by atoms with E-state index in [4.69, 9.17) is 14.2 Å². The third-order valence-corrected chi connectivity index (χ3v) is 5.76. The lowest BCUT2D eigenvalue weighted by molar-refractivity contribution is -0.246. The number of hydrogen-bond donors (Lipinski definition) is 2. The summed E-state index contributed by atoms with van der Waals surface area (Å²) in [5, 5.41) is 12.5. The lowest BCUT2D eigenvalue weighted by Crippen LogP contribution is -2.72. The van der Waals surface area contributed by atoms with Gasteiger partial charge in [0.25, 0.3) is 5.91 Å². The molecule has 2 rings (SSSR count). The van der Waals surface area contributed by atoms with Crippen molar-refractivity contribution >= 4 is 33.7 Å². The number of ether oxygens (including phenoxy) is 3. The zero-order chi connectivity index (χ0) is 23.2. The molecule has 9 nitrogen and oxygen atoms in total. The van der Waals surface area contributed by atoms with E-state index in [-0.39, 0.29) is 30.0 Å². The van der Waals surface area contributed by atoms with E-state index in [9.17, 15) is 19.5 Å². The Morgan fingerprint density at radius 1 is 1.19 bits per heavy atom. The Morgan fingerprint density at radius 2 is 1.81 bits per heavy atom. The minimum atomic E-state index is -1.26. The molecule has 0 saturated carbocycles. The first kappa shape index (κ1) is 25.0. The molecule has 1 aromatic rings. The van der Waals surface area contributed by atoms with Crippen LogP contribution < -0.4 is 5.32 Å². The van der Waals surface area contributed by atoms with Crippen LogP contribution in [0.1, 0.15) is 19.4 Å². The van der Waals surface area contributed by atoms with E-state index in [2.05, 4.69) is 21.2 Å². The van der Waals surface area contributed by atoms with Gasteiger partial charge in [0.2, 0.25) is 11.7 Å². The van der Waals surface area contributed by atoms with Crippen LogP contribution in [0, 0.1) is 0 Å². The van der Waals surface area contributed by atoms with Crippen molar-refractivity contribution in [3.63, 3.8) is 0 Å². The Bertz CT molecular complexity index is 827. The molecular formula is C21H27BrN2O7. The van der Waals surface area contributed by atoms with E-state index < -0.39 is 29.9 Å². The predicted octanol–water partition coefficient (Wildman–Crippen LogP) is 1.66. The Balaban J connectivity index is 2.22. The summed E-state index contributed by atoms with van der Waals surface area (Å²) in [6, 6.07) is 8.03. The third kappa shape index (κ3) is 5.70. The van der Waals surface area contributed by atoms with Gasteiger partial charge in [-0.25, -0.2) is 4.79 Å². The second-order valence-electron chi connectivity index (χ2n) is 7.22. The number of carbonyl (C=O) groups is 3. The number of aliphatic carboxylic acids is 1. The van der Waals surface area contributed by atoms with Crippen LogP contribution in [0.5, 0.6) is 0 Å². The first-order chi connectivity index (χ1) is 14.7. The first-order valence-electron chi connectivity index (χ1n) is 9.54. The number of nitrogens with one attached hydrogen (secondary N) is 1. The van der Waals surface area contributed by atoms with Gasteiger partial charge in [-0.15, -0.1) is 0 Å². The van der Waals surface area contributed by atoms with Crippen LogP contribution in [0.4, 0.5) is 0 Å². The highest BCUT2D eigenvalue weighted by Gasteiger charge is 2.53. The molecule has 1 aromatic carbocycles. The van der Waals surface area contributed by atoms with Crippen LogP contribution in [-0.2, 0) is 35.0 Å². The highest BCUT2D eigenvalue weighted by Crippen LogP contribution is 2.30. The summed E-state index contributed by atoms with van der Waals surface area (Å²) in [6.45, 7) is 3.06. The summed E-state index contributed by atoms with van der Waals surface area (Å²) in [4.78, 5) is 38.1. The van der Waals surface area contributed by atoms with Gasteiger partial charge in [-0.2, -0.15) is 0 Å². The highest BCUT2D eigenvalue weighted by atomic mass is 79.9. The van der Waals surface area contributed by atoms with Gasteiger partial charge in [-0.1, -0.05) is 46.3 Å². The number of carboxylic acids is 1. The fourth-order valence-electron chi connectivity index (χ4n) is 3.13. The van der Waals surface area contributed by atoms with Crippen LogP contribution in [0.2, 0.25) is 0 Å². The van der Waals surface area contributed by atoms with Gasteiger partial charge in [-0.3, -0.25) is 14.5 Å². The molecule has 2 atom stereocenters. The number of halogens is 1. The molecule has 2 N–H and O–H groups in total. The summed E-state index contributed by atoms with van der Waals surface area (Å²) in [5.41, 5.74) is 1.02. The van der Waals surface area contributed by atoms with Crippen molar-refractivity contribution in [2.75, 3.05) is 26.2 Å². The van der Waals surface area contributed by atoms with Gasteiger partial charge in [0.15, 0.2) is 12.3 Å². The lowest BCUT2D eigenvalue weighted by atomic mass is 10.0. The maximum atomic E-state index is 12.8. The van der Waals surface area contributed by atoms with Gasteiger partial charge in [0.1, 0.15) is 12.3 Å². The lowest BCUT2D eigenvalue weighted by Gasteiger charge is -2.47. The molecule has 1 aliphatic heterocycles. The molecule has 10 heteroatoms. The van der Waals surface area contributed by atoms with E-state index in [1.807, 2.05) is 18.2 Å². The van der Waals surface area contributed by atoms with Gasteiger partial charge in [0, 0.05) is 14.2 Å². The molecule has 2 amide bonds. The SMILES string of the molecule is COC(CBr)(COC1C(NC(=O)Cc2ccccc2)C(=O)N1C(C(=O)O)=C(C)C)OC. The zero-order valence-corrected chi connectivity index (χ0v) is 19.5. The molecule has 0 radical (unpaired) electrons. The van der Waals surface area contributed by atoms with E-state index in [0.29, 0.717) is 5.57 Å². The molecule has 0 bridgehead atoms. The van der Waals surface area contributed by atoms with Crippen LogP contribution in [-0.4, -0.2) is 72.0 Å². The predicted molar refractivity (Wildman–Crippen MR) is 115 cm³/mol. The number of rotatable bonds is 11. The number of hydrogen-bond acceptors (Lipinski definition) is 6. The Kier molecular flexibility index (Phi) is 8.75. The second-order valence-corrected chi connectivity index (χ2v) is 7.78. The van der Waals surface area contributed by atoms with Gasteiger partial charge in [-0.05, 0) is 25.0 Å². The number of nitrogens with zero attached hydrogens (tertiary/aromatic N) is 1. The Labute approximate surface area is 189 Å². The van der Waals surface area contributed by atoms with Crippen molar-refractivity contribution in [2.24, 2.45) is 0 Å². The summed E-state index contributed by atoms with van der Waals surface area (Å²) < 4.78 is 16.6. The molecule has 170 valence electrons. The highest BCUT2D eigenvalue weighted by molar-refractivity contribution is 9.09. The van der Waals surface area contributed by atoms with Crippen molar-refractivity contribution in [1.82, 2.24) is 10.2 Å². The number of allylic oxidation sites excluding steroid dienone is 1. The maximum absolute atomic E-state index is 12.8. The Morgan fingerprint density at radius 3 is 2.29 bits per heavy atom. The number of methoxy groups -OCH3 is 2. The van der Waals surface area contributed by atoms with E-state index in [1.54, 1.807) is 26.0 Å². The van der Waals surface area contributed by atoms with Gasteiger partial charge >= 0.3 is 5.97 Å². The number of benzene rings is 1. The van der Waals surface area contributed by atoms with Crippen LogP contribution >= 0.6 is 15.9 Å². The van der Waals surface area contributed by atoms with Crippen LogP contribution in [0.3, 0.4) is 0 Å². The van der Waals surface area contributed by atoms with E-state index in [1.165, 1.54) is 14.2 Å². The summed E-state index contributed by atoms with van der Waals surface area (Å²) in [7, 11) is 2.88. The number of carbonyl (C=O) groups excluding carboxylic acids is 2. The van der Waals surface area contributed by atoms with Crippen molar-refractivity contribution in [1.29, 1.82) is 0 Å². The first-order valence-corrected chi connectivity index (χ1v) is 10.7. The van der Waals surface area contributed by atoms with E-state index in [0.717, 1.165) is 10.5 Å². The maximum Gasteiger partial charge on any atom is 0.352 e. The summed E-state index contributed by atoms with van der Waals surface area (Å²) in [5.74, 6) is -3.35. The largest absolute Gasteiger partial charge is 0.477 e. The topological polar surface area (TPSA) is 114 Å². The third-order valence-electron chi connectivity index (χ3n) is 4.91. The quantitative estimate of drug-likeness (QED) is 0.206. The smallest absolute Gasteiger partial charge is 0.352 e. The Hall–Kier alpha value is -2.27. The average molecular weight is 499 g/mol. The second kappa shape index (κ2) is 10.9. The summed E-state index contributed by atoms with van der Waals surface area (Å²) in [6.07, 6.45) is -0.954. The fraction of sp³-hybridized carbons (Fsp3) is 0.476. The number of carboxylic acid groups (broad SMARTS) is 1. The molecule has 1 saturated heterocycles. The van der Waals surface area contributed by atoms with Crippen molar-refractivity contribution in [3.8, 4) is 0 Å². The average Bonchev–Trinajstić information content (AvgIpc) is 2.75. The van der Waals surface area contributed by atoms with Crippen molar-refractivity contribution in [3.05, 3.63) is 47.2 Å². The summed E-state index contributed by atoms with van der Waals surface area (Å²) >= 11 is 3.29. The van der Waals surface area contributed by atoms with Crippen LogP contribution in [0.15, 0.2) is 41.6 Å². The molecule has 1 aliphatic rings. The fourth-order valence-corrected chi connectivity index (χ4v) is 3.75. The molecule has 31 heavy (non-hydrogen) atoms. The van der Waals surface area contributed by atoms with Crippen LogP contribution in [0.25, 0.3) is 0 Å². The van der Waals surface area contributed by atoms with Gasteiger partial charge < -0.3 is 24.6 Å².